The molecule has 2 aromatic rings. The summed E-state index contributed by atoms with van der Waals surface area (Å²) in [6, 6.07) is 16.7. The van der Waals surface area contributed by atoms with Crippen molar-refractivity contribution in [2.24, 2.45) is 5.10 Å². The van der Waals surface area contributed by atoms with Gasteiger partial charge in [-0.2, -0.15) is 9.41 Å². The van der Waals surface area contributed by atoms with Crippen LogP contribution >= 0.6 is 0 Å². The molecule has 0 aliphatic carbocycles. The molecule has 1 amide bonds. The number of hydrazone groups is 1. The fraction of sp³-hybridized carbons (Fsp3) is 0.304. The van der Waals surface area contributed by atoms with Crippen LogP contribution in [0.25, 0.3) is 6.08 Å². The van der Waals surface area contributed by atoms with Crippen molar-refractivity contribution >= 4 is 28.2 Å². The van der Waals surface area contributed by atoms with Gasteiger partial charge in [-0.15, -0.1) is 0 Å². The van der Waals surface area contributed by atoms with Crippen LogP contribution in [-0.2, 0) is 14.8 Å². The van der Waals surface area contributed by atoms with Crippen LogP contribution in [0.4, 0.5) is 0 Å². The fourth-order valence-corrected chi connectivity index (χ4v) is 4.70. The van der Waals surface area contributed by atoms with E-state index in [1.807, 2.05) is 55.2 Å². The highest BCUT2D eigenvalue weighted by Crippen LogP contribution is 2.18. The van der Waals surface area contributed by atoms with Crippen LogP contribution in [0.15, 0.2) is 70.2 Å². The van der Waals surface area contributed by atoms with E-state index < -0.39 is 10.0 Å². The molecule has 0 saturated carbocycles. The highest BCUT2D eigenvalue weighted by Gasteiger charge is 2.28. The van der Waals surface area contributed by atoms with E-state index in [-0.39, 0.29) is 12.5 Å². The Bertz CT molecular complexity index is 1040. The second-order valence-electron chi connectivity index (χ2n) is 7.59. The van der Waals surface area contributed by atoms with Crippen molar-refractivity contribution in [3.05, 3.63) is 71.3 Å². The average Bonchev–Trinajstić information content (AvgIpc) is 2.75. The summed E-state index contributed by atoms with van der Waals surface area (Å²) in [4.78, 5) is 14.4. The van der Waals surface area contributed by atoms with E-state index in [0.717, 1.165) is 16.7 Å². The number of sulfonamides is 1. The van der Waals surface area contributed by atoms with Crippen LogP contribution in [0.5, 0.6) is 0 Å². The summed E-state index contributed by atoms with van der Waals surface area (Å²) in [7, 11) is -3.50. The maximum Gasteiger partial charge on any atom is 0.254 e. The van der Waals surface area contributed by atoms with E-state index >= 15 is 0 Å². The second kappa shape index (κ2) is 10.5. The Morgan fingerprint density at radius 1 is 1.03 bits per heavy atom. The molecule has 0 radical (unpaired) electrons. The lowest BCUT2D eigenvalue weighted by molar-refractivity contribution is -0.122. The molecule has 31 heavy (non-hydrogen) atoms. The maximum atomic E-state index is 12.8. The number of hydrogen-bond acceptors (Lipinski definition) is 5. The van der Waals surface area contributed by atoms with Crippen molar-refractivity contribution in [3.8, 4) is 0 Å². The molecule has 1 fully saturated rings. The molecule has 0 aromatic heterocycles. The molecule has 164 valence electrons. The van der Waals surface area contributed by atoms with Crippen molar-refractivity contribution in [1.82, 2.24) is 14.6 Å². The lowest BCUT2D eigenvalue weighted by Gasteiger charge is -2.33. The normalized spacial score (nSPS) is 16.5. The summed E-state index contributed by atoms with van der Waals surface area (Å²) in [5, 5.41) is 4.01. The minimum absolute atomic E-state index is 0.178. The van der Waals surface area contributed by atoms with E-state index in [1.54, 1.807) is 30.5 Å². The van der Waals surface area contributed by atoms with E-state index in [2.05, 4.69) is 10.5 Å². The van der Waals surface area contributed by atoms with Crippen LogP contribution < -0.4 is 5.43 Å². The van der Waals surface area contributed by atoms with E-state index in [1.165, 1.54) is 4.31 Å². The molecule has 2 aromatic carbocycles. The number of carbonyl (C=O) groups is 1. The third-order valence-corrected chi connectivity index (χ3v) is 6.92. The molecule has 1 aliphatic rings. The quantitative estimate of drug-likeness (QED) is 0.530. The number of nitrogens with zero attached hydrogens (tertiary/aromatic N) is 3. The second-order valence-corrected chi connectivity index (χ2v) is 9.52. The number of rotatable bonds is 7. The highest BCUT2D eigenvalue weighted by atomic mass is 32.2. The zero-order valence-electron chi connectivity index (χ0n) is 17.9. The first-order chi connectivity index (χ1) is 14.8. The molecule has 1 N–H and O–H groups in total. The molecule has 7 nitrogen and oxygen atoms in total. The average molecular weight is 441 g/mol. The SMILES string of the molecule is CC(/C=N/NC(=O)CN1CCN(S(=O)(=O)c2ccc(C)cc2)CC1)=C\c1ccccc1. The summed E-state index contributed by atoms with van der Waals surface area (Å²) in [5.41, 5.74) is 5.54. The largest absolute Gasteiger partial charge is 0.292 e. The smallest absolute Gasteiger partial charge is 0.254 e. The van der Waals surface area contributed by atoms with Gasteiger partial charge in [0, 0.05) is 26.2 Å². The number of amides is 1. The highest BCUT2D eigenvalue weighted by molar-refractivity contribution is 7.89. The van der Waals surface area contributed by atoms with Gasteiger partial charge >= 0.3 is 0 Å². The monoisotopic (exact) mass is 440 g/mol. The van der Waals surface area contributed by atoms with Gasteiger partial charge < -0.3 is 0 Å². The van der Waals surface area contributed by atoms with Crippen LogP contribution in [0.1, 0.15) is 18.1 Å². The predicted octanol–water partition coefficient (Wildman–Crippen LogP) is 2.51. The standard InChI is InChI=1S/C23H28N4O3S/c1-19-8-10-22(11-9-19)31(29,30)27-14-12-26(13-15-27)18-23(28)25-24-17-20(2)16-21-6-4-3-5-7-21/h3-11,16-17H,12-15,18H2,1-2H3,(H,25,28)/b20-16+,24-17+. The Labute approximate surface area is 184 Å². The number of allylic oxidation sites excluding steroid dienone is 1. The molecule has 0 spiro atoms. The fourth-order valence-electron chi connectivity index (χ4n) is 3.28. The number of aryl methyl sites for hydroxylation is 1. The lowest BCUT2D eigenvalue weighted by atomic mass is 10.1. The number of benzene rings is 2. The van der Waals surface area contributed by atoms with Gasteiger partial charge in [0.25, 0.3) is 5.91 Å². The summed E-state index contributed by atoms with van der Waals surface area (Å²) in [6.07, 6.45) is 3.58. The Morgan fingerprint density at radius 2 is 1.68 bits per heavy atom. The summed E-state index contributed by atoms with van der Waals surface area (Å²) < 4.78 is 27.0. The topological polar surface area (TPSA) is 82.1 Å². The molecular formula is C23H28N4O3S. The molecule has 8 heteroatoms. The van der Waals surface area contributed by atoms with Crippen LogP contribution in [0.2, 0.25) is 0 Å². The Balaban J connectivity index is 1.45. The molecule has 3 rings (SSSR count). The van der Waals surface area contributed by atoms with Crippen molar-refractivity contribution in [2.75, 3.05) is 32.7 Å². The van der Waals surface area contributed by atoms with Gasteiger partial charge in [0.15, 0.2) is 0 Å². The summed E-state index contributed by atoms with van der Waals surface area (Å²) >= 11 is 0. The van der Waals surface area contributed by atoms with E-state index in [9.17, 15) is 13.2 Å². The van der Waals surface area contributed by atoms with E-state index in [4.69, 9.17) is 0 Å². The molecule has 1 heterocycles. The lowest BCUT2D eigenvalue weighted by Crippen LogP contribution is -2.50. The third kappa shape index (κ3) is 6.58. The predicted molar refractivity (Wildman–Crippen MR) is 123 cm³/mol. The van der Waals surface area contributed by atoms with Gasteiger partial charge in [-0.25, -0.2) is 13.8 Å². The summed E-state index contributed by atoms with van der Waals surface area (Å²) in [6.45, 7) is 5.71. The van der Waals surface area contributed by atoms with Gasteiger partial charge in [-0.05, 0) is 37.1 Å². The Morgan fingerprint density at radius 3 is 2.32 bits per heavy atom. The molecular weight excluding hydrogens is 412 g/mol. The van der Waals surface area contributed by atoms with Crippen molar-refractivity contribution in [2.45, 2.75) is 18.7 Å². The first kappa shape index (κ1) is 22.9. The zero-order chi connectivity index (χ0) is 22.3. The third-order valence-electron chi connectivity index (χ3n) is 5.01. The number of carbonyl (C=O) groups excluding carboxylic acids is 1. The number of nitrogens with one attached hydrogen (secondary N) is 1. The van der Waals surface area contributed by atoms with Gasteiger partial charge in [-0.3, -0.25) is 9.69 Å². The number of piperazine rings is 1. The van der Waals surface area contributed by atoms with Gasteiger partial charge in [-0.1, -0.05) is 54.1 Å². The maximum absolute atomic E-state index is 12.8. The molecule has 1 aliphatic heterocycles. The molecule has 1 saturated heterocycles. The summed E-state index contributed by atoms with van der Waals surface area (Å²) in [5.74, 6) is -0.224. The molecule has 0 bridgehead atoms. The van der Waals surface area contributed by atoms with Crippen LogP contribution in [-0.4, -0.2) is 62.5 Å². The van der Waals surface area contributed by atoms with Crippen molar-refractivity contribution in [1.29, 1.82) is 0 Å². The molecule has 0 unspecified atom stereocenters. The Kier molecular flexibility index (Phi) is 7.73. The minimum Gasteiger partial charge on any atom is -0.292 e. The van der Waals surface area contributed by atoms with Crippen molar-refractivity contribution < 1.29 is 13.2 Å². The molecule has 0 atom stereocenters. The van der Waals surface area contributed by atoms with Gasteiger partial charge in [0.2, 0.25) is 10.0 Å². The first-order valence-electron chi connectivity index (χ1n) is 10.2. The van der Waals surface area contributed by atoms with E-state index in [0.29, 0.717) is 31.1 Å². The Hall–Kier alpha value is -2.81. The minimum atomic E-state index is -3.50. The number of hydrogen-bond donors (Lipinski definition) is 1. The van der Waals surface area contributed by atoms with Crippen LogP contribution in [0.3, 0.4) is 0 Å². The first-order valence-corrected chi connectivity index (χ1v) is 11.6. The zero-order valence-corrected chi connectivity index (χ0v) is 18.7. The van der Waals surface area contributed by atoms with Gasteiger partial charge in [0.1, 0.15) is 0 Å². The van der Waals surface area contributed by atoms with Crippen LogP contribution in [0, 0.1) is 6.92 Å². The van der Waals surface area contributed by atoms with Crippen molar-refractivity contribution in [3.63, 3.8) is 0 Å². The van der Waals surface area contributed by atoms with Gasteiger partial charge in [0.05, 0.1) is 17.7 Å².